The lowest BCUT2D eigenvalue weighted by atomic mass is 9.89. The van der Waals surface area contributed by atoms with Gasteiger partial charge in [0, 0.05) is 13.0 Å². The third-order valence-electron chi connectivity index (χ3n) is 2.84. The second kappa shape index (κ2) is 5.04. The molecule has 1 heterocycles. The summed E-state index contributed by atoms with van der Waals surface area (Å²) in [6, 6.07) is -0.252. The van der Waals surface area contributed by atoms with Crippen molar-refractivity contribution in [3.63, 3.8) is 0 Å². The number of rotatable bonds is 3. The highest BCUT2D eigenvalue weighted by Crippen LogP contribution is 2.25. The summed E-state index contributed by atoms with van der Waals surface area (Å²) in [5, 5.41) is 21.9. The van der Waals surface area contributed by atoms with E-state index >= 15 is 0 Å². The first-order valence-corrected chi connectivity index (χ1v) is 4.80. The van der Waals surface area contributed by atoms with Gasteiger partial charge in [0.05, 0.1) is 24.9 Å². The molecular weight excluding hydrogens is 186 g/mol. The molecule has 14 heavy (non-hydrogen) atoms. The summed E-state index contributed by atoms with van der Waals surface area (Å²) in [6.45, 7) is 1.75. The molecule has 84 valence electrons. The first kappa shape index (κ1) is 11.9. The van der Waals surface area contributed by atoms with Crippen molar-refractivity contribution in [2.24, 2.45) is 5.92 Å². The van der Waals surface area contributed by atoms with Crippen LogP contribution in [0.2, 0.25) is 0 Å². The van der Waals surface area contributed by atoms with Gasteiger partial charge in [-0.25, -0.2) is 0 Å². The van der Waals surface area contributed by atoms with Gasteiger partial charge in [-0.1, -0.05) is 6.92 Å². The van der Waals surface area contributed by atoms with Crippen LogP contribution >= 0.6 is 0 Å². The van der Waals surface area contributed by atoms with Crippen molar-refractivity contribution in [3.05, 3.63) is 0 Å². The molecule has 1 aliphatic heterocycles. The lowest BCUT2D eigenvalue weighted by Crippen LogP contribution is -2.59. The SMILES string of the molecule is CNC1C(OC)OC(CO)C(C)C1O. The molecule has 5 unspecified atom stereocenters. The summed E-state index contributed by atoms with van der Waals surface area (Å²) in [4.78, 5) is 0. The average molecular weight is 205 g/mol. The smallest absolute Gasteiger partial charge is 0.175 e. The Morgan fingerprint density at radius 1 is 1.50 bits per heavy atom. The Labute approximate surface area is 84.0 Å². The predicted molar refractivity (Wildman–Crippen MR) is 50.8 cm³/mol. The molecule has 0 aromatic rings. The van der Waals surface area contributed by atoms with Crippen LogP contribution in [0.15, 0.2) is 0 Å². The second-order valence-corrected chi connectivity index (χ2v) is 3.63. The van der Waals surface area contributed by atoms with E-state index in [9.17, 15) is 5.11 Å². The summed E-state index contributed by atoms with van der Waals surface area (Å²) in [5.74, 6) is -0.108. The van der Waals surface area contributed by atoms with E-state index in [1.54, 1.807) is 7.05 Å². The number of likely N-dealkylation sites (N-methyl/N-ethyl adjacent to an activating group) is 1. The molecule has 3 N–H and O–H groups in total. The number of ether oxygens (including phenoxy) is 2. The number of aliphatic hydroxyl groups is 2. The molecule has 0 radical (unpaired) electrons. The van der Waals surface area contributed by atoms with Crippen LogP contribution in [0.1, 0.15) is 6.92 Å². The van der Waals surface area contributed by atoms with Gasteiger partial charge in [0.15, 0.2) is 6.29 Å². The van der Waals surface area contributed by atoms with Crippen LogP contribution in [-0.4, -0.2) is 55.5 Å². The lowest BCUT2D eigenvalue weighted by molar-refractivity contribution is -0.245. The van der Waals surface area contributed by atoms with Gasteiger partial charge < -0.3 is 25.0 Å². The number of nitrogens with one attached hydrogen (secondary N) is 1. The van der Waals surface area contributed by atoms with E-state index in [1.807, 2.05) is 6.92 Å². The molecular formula is C9H19NO4. The zero-order chi connectivity index (χ0) is 10.7. The number of methoxy groups -OCH3 is 1. The molecule has 1 rings (SSSR count). The second-order valence-electron chi connectivity index (χ2n) is 3.63. The van der Waals surface area contributed by atoms with Crippen LogP contribution in [0.25, 0.3) is 0 Å². The van der Waals surface area contributed by atoms with Crippen molar-refractivity contribution in [3.8, 4) is 0 Å². The quantitative estimate of drug-likeness (QED) is 0.547. The number of hydrogen-bond donors (Lipinski definition) is 3. The normalized spacial score (nSPS) is 43.9. The third kappa shape index (κ3) is 2.07. The maximum absolute atomic E-state index is 9.91. The van der Waals surface area contributed by atoms with Crippen LogP contribution in [0, 0.1) is 5.92 Å². The fourth-order valence-corrected chi connectivity index (χ4v) is 1.81. The van der Waals surface area contributed by atoms with Gasteiger partial charge in [-0.05, 0) is 7.05 Å². The zero-order valence-electron chi connectivity index (χ0n) is 8.80. The maximum Gasteiger partial charge on any atom is 0.175 e. The minimum Gasteiger partial charge on any atom is -0.394 e. The highest BCUT2D eigenvalue weighted by Gasteiger charge is 2.42. The Morgan fingerprint density at radius 2 is 2.14 bits per heavy atom. The first-order valence-electron chi connectivity index (χ1n) is 4.80. The van der Waals surface area contributed by atoms with Crippen molar-refractivity contribution in [2.45, 2.75) is 31.5 Å². The van der Waals surface area contributed by atoms with E-state index < -0.39 is 12.4 Å². The van der Waals surface area contributed by atoms with Crippen molar-refractivity contribution in [1.29, 1.82) is 0 Å². The fourth-order valence-electron chi connectivity index (χ4n) is 1.81. The van der Waals surface area contributed by atoms with E-state index in [0.29, 0.717) is 0 Å². The standard InChI is InChI=1S/C9H19NO4/c1-5-6(4-11)14-9(13-3)7(10-2)8(5)12/h5-12H,4H2,1-3H3. The molecule has 1 aliphatic rings. The minimum atomic E-state index is -0.573. The van der Waals surface area contributed by atoms with Gasteiger partial charge in [-0.2, -0.15) is 0 Å². The number of hydrogen-bond acceptors (Lipinski definition) is 5. The maximum atomic E-state index is 9.91. The van der Waals surface area contributed by atoms with E-state index in [0.717, 1.165) is 0 Å². The average Bonchev–Trinajstić information content (AvgIpc) is 2.21. The molecule has 5 atom stereocenters. The predicted octanol–water partition coefficient (Wildman–Crippen LogP) is -1.06. The molecule has 1 fully saturated rings. The van der Waals surface area contributed by atoms with Crippen LogP contribution in [0.4, 0.5) is 0 Å². The molecule has 0 bridgehead atoms. The summed E-state index contributed by atoms with van der Waals surface area (Å²) >= 11 is 0. The van der Waals surface area contributed by atoms with Crippen molar-refractivity contribution in [2.75, 3.05) is 20.8 Å². The summed E-state index contributed by atoms with van der Waals surface area (Å²) < 4.78 is 10.6. The molecule has 0 aliphatic carbocycles. The van der Waals surface area contributed by atoms with Crippen molar-refractivity contribution >= 4 is 0 Å². The van der Waals surface area contributed by atoms with Gasteiger partial charge >= 0.3 is 0 Å². The molecule has 0 aromatic heterocycles. The molecule has 5 heteroatoms. The largest absolute Gasteiger partial charge is 0.394 e. The highest BCUT2D eigenvalue weighted by molar-refractivity contribution is 4.90. The van der Waals surface area contributed by atoms with Gasteiger partial charge in [0.2, 0.25) is 0 Å². The molecule has 0 aromatic carbocycles. The minimum absolute atomic E-state index is 0.103. The summed E-state index contributed by atoms with van der Waals surface area (Å²) in [7, 11) is 3.27. The van der Waals surface area contributed by atoms with Crippen LogP contribution < -0.4 is 5.32 Å². The Morgan fingerprint density at radius 3 is 2.57 bits per heavy atom. The van der Waals surface area contributed by atoms with Gasteiger partial charge in [-0.15, -0.1) is 0 Å². The topological polar surface area (TPSA) is 71.0 Å². The molecule has 0 amide bonds. The fraction of sp³-hybridized carbons (Fsp3) is 1.00. The monoisotopic (exact) mass is 205 g/mol. The van der Waals surface area contributed by atoms with Crippen LogP contribution in [0.3, 0.4) is 0 Å². The van der Waals surface area contributed by atoms with Crippen LogP contribution in [0.5, 0.6) is 0 Å². The highest BCUT2D eigenvalue weighted by atomic mass is 16.7. The lowest BCUT2D eigenvalue weighted by Gasteiger charge is -2.42. The Bertz CT molecular complexity index is 176. The Hall–Kier alpha value is -0.200. The first-order chi connectivity index (χ1) is 6.65. The van der Waals surface area contributed by atoms with Gasteiger partial charge in [-0.3, -0.25) is 0 Å². The molecule has 0 saturated carbocycles. The summed E-state index contributed by atoms with van der Waals surface area (Å²) in [6.07, 6.45) is -1.45. The van der Waals surface area contributed by atoms with E-state index in [-0.39, 0.29) is 24.7 Å². The van der Waals surface area contributed by atoms with Crippen molar-refractivity contribution in [1.82, 2.24) is 5.32 Å². The molecule has 5 nitrogen and oxygen atoms in total. The van der Waals surface area contributed by atoms with Crippen LogP contribution in [-0.2, 0) is 9.47 Å². The van der Waals surface area contributed by atoms with E-state index in [1.165, 1.54) is 7.11 Å². The Balaban J connectivity index is 2.71. The van der Waals surface area contributed by atoms with E-state index in [4.69, 9.17) is 14.6 Å². The van der Waals surface area contributed by atoms with Crippen molar-refractivity contribution < 1.29 is 19.7 Å². The summed E-state index contributed by atoms with van der Waals surface area (Å²) in [5.41, 5.74) is 0. The third-order valence-corrected chi connectivity index (χ3v) is 2.84. The number of aliphatic hydroxyl groups excluding tert-OH is 2. The Kier molecular flexibility index (Phi) is 4.28. The van der Waals surface area contributed by atoms with Gasteiger partial charge in [0.25, 0.3) is 0 Å². The van der Waals surface area contributed by atoms with Gasteiger partial charge in [0.1, 0.15) is 0 Å². The zero-order valence-corrected chi connectivity index (χ0v) is 8.80. The van der Waals surface area contributed by atoms with E-state index in [2.05, 4.69) is 5.32 Å². The molecule has 1 saturated heterocycles. The molecule has 0 spiro atoms.